The Labute approximate surface area is 107 Å². The third-order valence-electron chi connectivity index (χ3n) is 2.82. The molecule has 3 N–H and O–H groups in total. The van der Waals surface area contributed by atoms with Crippen molar-refractivity contribution >= 4 is 17.9 Å². The van der Waals surface area contributed by atoms with Crippen LogP contribution in [0.15, 0.2) is 0 Å². The predicted octanol–water partition coefficient (Wildman–Crippen LogP) is -0.0454. The van der Waals surface area contributed by atoms with Gasteiger partial charge >= 0.3 is 12.0 Å². The van der Waals surface area contributed by atoms with Crippen LogP contribution in [0, 0.1) is 5.92 Å². The zero-order valence-electron chi connectivity index (χ0n) is 11.2. The molecule has 0 fully saturated rings. The van der Waals surface area contributed by atoms with Crippen molar-refractivity contribution in [3.05, 3.63) is 0 Å². The Hall–Kier alpha value is -1.79. The molecule has 18 heavy (non-hydrogen) atoms. The van der Waals surface area contributed by atoms with Crippen molar-refractivity contribution in [1.29, 1.82) is 0 Å². The SMILES string of the molecule is CC(C)C(C)N(C)C(=O)N(CC(N)=O)CC(=O)O. The predicted molar refractivity (Wildman–Crippen MR) is 65.9 cm³/mol. The van der Waals surface area contributed by atoms with Crippen LogP contribution in [-0.4, -0.2) is 59.0 Å². The summed E-state index contributed by atoms with van der Waals surface area (Å²) >= 11 is 0. The van der Waals surface area contributed by atoms with Gasteiger partial charge in [0, 0.05) is 13.1 Å². The summed E-state index contributed by atoms with van der Waals surface area (Å²) < 4.78 is 0. The molecule has 0 heterocycles. The first-order chi connectivity index (χ1) is 8.16. The Balaban J connectivity index is 4.83. The number of primary amides is 1. The fraction of sp³-hybridized carbons (Fsp3) is 0.727. The van der Waals surface area contributed by atoms with Crippen molar-refractivity contribution in [2.24, 2.45) is 11.7 Å². The van der Waals surface area contributed by atoms with E-state index in [0.717, 1.165) is 4.90 Å². The maximum atomic E-state index is 12.0. The average Bonchev–Trinajstić information content (AvgIpc) is 2.23. The van der Waals surface area contributed by atoms with Gasteiger partial charge in [-0.2, -0.15) is 0 Å². The monoisotopic (exact) mass is 259 g/mol. The molecule has 0 aliphatic rings. The molecular weight excluding hydrogens is 238 g/mol. The Morgan fingerprint density at radius 3 is 2.00 bits per heavy atom. The standard InChI is InChI=1S/C11H21N3O4/c1-7(2)8(3)13(4)11(18)14(5-9(12)15)6-10(16)17/h7-8H,5-6H2,1-4H3,(H2,12,15)(H,16,17). The van der Waals surface area contributed by atoms with Gasteiger partial charge in [-0.3, -0.25) is 9.59 Å². The smallest absolute Gasteiger partial charge is 0.323 e. The number of aliphatic carboxylic acids is 1. The van der Waals surface area contributed by atoms with Crippen molar-refractivity contribution in [2.45, 2.75) is 26.8 Å². The first-order valence-electron chi connectivity index (χ1n) is 5.68. The van der Waals surface area contributed by atoms with Gasteiger partial charge in [0.25, 0.3) is 0 Å². The summed E-state index contributed by atoms with van der Waals surface area (Å²) in [6.45, 7) is 4.80. The van der Waals surface area contributed by atoms with Crippen LogP contribution in [0.3, 0.4) is 0 Å². The molecule has 3 amide bonds. The molecular formula is C11H21N3O4. The number of urea groups is 1. The first kappa shape index (κ1) is 16.2. The summed E-state index contributed by atoms with van der Waals surface area (Å²) in [5.41, 5.74) is 5.00. The molecule has 0 aliphatic heterocycles. The van der Waals surface area contributed by atoms with E-state index < -0.39 is 31.0 Å². The third-order valence-corrected chi connectivity index (χ3v) is 2.82. The zero-order chi connectivity index (χ0) is 14.5. The number of carbonyl (C=O) groups excluding carboxylic acids is 2. The summed E-state index contributed by atoms with van der Waals surface area (Å²) in [5.74, 6) is -1.70. The number of nitrogens with zero attached hydrogens (tertiary/aromatic N) is 2. The van der Waals surface area contributed by atoms with Crippen molar-refractivity contribution < 1.29 is 19.5 Å². The quantitative estimate of drug-likeness (QED) is 0.698. The number of carbonyl (C=O) groups is 3. The van der Waals surface area contributed by atoms with Crippen LogP contribution in [-0.2, 0) is 9.59 Å². The van der Waals surface area contributed by atoms with Crippen molar-refractivity contribution in [3.8, 4) is 0 Å². The molecule has 0 aromatic rings. The number of carboxylic acids is 1. The molecule has 0 aromatic carbocycles. The molecule has 7 heteroatoms. The van der Waals surface area contributed by atoms with Gasteiger partial charge in [0.1, 0.15) is 13.1 Å². The molecule has 0 radical (unpaired) electrons. The second-order valence-electron chi connectivity index (χ2n) is 4.59. The minimum Gasteiger partial charge on any atom is -0.480 e. The first-order valence-corrected chi connectivity index (χ1v) is 5.68. The van der Waals surface area contributed by atoms with Crippen LogP contribution in [0.4, 0.5) is 4.79 Å². The highest BCUT2D eigenvalue weighted by Crippen LogP contribution is 2.10. The minimum atomic E-state index is -1.18. The van der Waals surface area contributed by atoms with Gasteiger partial charge in [0.15, 0.2) is 0 Å². The van der Waals surface area contributed by atoms with E-state index >= 15 is 0 Å². The molecule has 0 rings (SSSR count). The van der Waals surface area contributed by atoms with Gasteiger partial charge in [-0.05, 0) is 12.8 Å². The largest absolute Gasteiger partial charge is 0.480 e. The van der Waals surface area contributed by atoms with E-state index in [1.165, 1.54) is 4.90 Å². The second-order valence-corrected chi connectivity index (χ2v) is 4.59. The average molecular weight is 259 g/mol. The third kappa shape index (κ3) is 5.03. The van der Waals surface area contributed by atoms with E-state index in [-0.39, 0.29) is 12.0 Å². The van der Waals surface area contributed by atoms with Crippen LogP contribution in [0.5, 0.6) is 0 Å². The fourth-order valence-corrected chi connectivity index (χ4v) is 1.39. The normalized spacial score (nSPS) is 12.1. The summed E-state index contributed by atoms with van der Waals surface area (Å²) in [4.78, 5) is 35.9. The highest BCUT2D eigenvalue weighted by molar-refractivity contribution is 5.86. The van der Waals surface area contributed by atoms with Gasteiger partial charge in [-0.15, -0.1) is 0 Å². The lowest BCUT2D eigenvalue weighted by molar-refractivity contribution is -0.138. The van der Waals surface area contributed by atoms with E-state index in [2.05, 4.69) is 0 Å². The maximum absolute atomic E-state index is 12.0. The molecule has 0 saturated carbocycles. The minimum absolute atomic E-state index is 0.0679. The van der Waals surface area contributed by atoms with E-state index in [9.17, 15) is 14.4 Å². The number of carboxylic acid groups (broad SMARTS) is 1. The Morgan fingerprint density at radius 2 is 1.67 bits per heavy atom. The van der Waals surface area contributed by atoms with Crippen molar-refractivity contribution in [1.82, 2.24) is 9.80 Å². The van der Waals surface area contributed by atoms with Crippen LogP contribution in [0.25, 0.3) is 0 Å². The zero-order valence-corrected chi connectivity index (χ0v) is 11.2. The second kappa shape index (κ2) is 6.83. The number of nitrogens with two attached hydrogens (primary N) is 1. The van der Waals surface area contributed by atoms with E-state index in [1.54, 1.807) is 7.05 Å². The lowest BCUT2D eigenvalue weighted by Crippen LogP contribution is -2.50. The van der Waals surface area contributed by atoms with Crippen LogP contribution in [0.2, 0.25) is 0 Å². The molecule has 0 spiro atoms. The fourth-order valence-electron chi connectivity index (χ4n) is 1.39. The Kier molecular flexibility index (Phi) is 6.15. The van der Waals surface area contributed by atoms with Crippen LogP contribution in [0.1, 0.15) is 20.8 Å². The molecule has 0 bridgehead atoms. The van der Waals surface area contributed by atoms with Gasteiger partial charge < -0.3 is 20.6 Å². The van der Waals surface area contributed by atoms with E-state index in [0.29, 0.717) is 0 Å². The lowest BCUT2D eigenvalue weighted by Gasteiger charge is -2.32. The topological polar surface area (TPSA) is 104 Å². The van der Waals surface area contributed by atoms with Gasteiger partial charge in [-0.1, -0.05) is 13.8 Å². The Morgan fingerprint density at radius 1 is 1.17 bits per heavy atom. The summed E-state index contributed by atoms with van der Waals surface area (Å²) in [7, 11) is 1.57. The highest BCUT2D eigenvalue weighted by atomic mass is 16.4. The van der Waals surface area contributed by atoms with Gasteiger partial charge in [0.05, 0.1) is 0 Å². The summed E-state index contributed by atoms with van der Waals surface area (Å²) in [5, 5.41) is 8.71. The van der Waals surface area contributed by atoms with E-state index in [1.807, 2.05) is 20.8 Å². The van der Waals surface area contributed by atoms with Crippen molar-refractivity contribution in [3.63, 3.8) is 0 Å². The number of hydrogen-bond acceptors (Lipinski definition) is 3. The molecule has 0 aliphatic carbocycles. The maximum Gasteiger partial charge on any atom is 0.323 e. The number of hydrogen-bond donors (Lipinski definition) is 2. The molecule has 0 aromatic heterocycles. The number of amides is 3. The van der Waals surface area contributed by atoms with Crippen molar-refractivity contribution in [2.75, 3.05) is 20.1 Å². The molecule has 104 valence electrons. The van der Waals surface area contributed by atoms with Crippen LogP contribution < -0.4 is 5.73 Å². The Bertz CT molecular complexity index is 314. The van der Waals surface area contributed by atoms with Gasteiger partial charge in [-0.25, -0.2) is 4.79 Å². The summed E-state index contributed by atoms with van der Waals surface area (Å²) in [6, 6.07) is -0.584. The van der Waals surface area contributed by atoms with Gasteiger partial charge in [0.2, 0.25) is 5.91 Å². The lowest BCUT2D eigenvalue weighted by atomic mass is 10.1. The molecule has 1 atom stereocenters. The summed E-state index contributed by atoms with van der Waals surface area (Å²) in [6.07, 6.45) is 0. The van der Waals surface area contributed by atoms with Crippen LogP contribution >= 0.6 is 0 Å². The molecule has 1 unspecified atom stereocenters. The van der Waals surface area contributed by atoms with E-state index in [4.69, 9.17) is 10.8 Å². The molecule has 0 saturated heterocycles. The molecule has 7 nitrogen and oxygen atoms in total. The highest BCUT2D eigenvalue weighted by Gasteiger charge is 2.26. The number of rotatable bonds is 6.